The van der Waals surface area contributed by atoms with Crippen LogP contribution in [0.4, 0.5) is 13.2 Å². The van der Waals surface area contributed by atoms with Gasteiger partial charge in [-0.15, -0.1) is 0 Å². The lowest BCUT2D eigenvalue weighted by Gasteiger charge is -2.61. The summed E-state index contributed by atoms with van der Waals surface area (Å²) in [5, 5.41) is 0. The van der Waals surface area contributed by atoms with Crippen LogP contribution in [-0.2, 0) is 11.6 Å². The van der Waals surface area contributed by atoms with Crippen LogP contribution in [0.2, 0.25) is 0 Å². The number of fused-ring (bicyclic) bond motifs is 3. The second-order valence-electron chi connectivity index (χ2n) is 23.7. The van der Waals surface area contributed by atoms with Gasteiger partial charge < -0.3 is 0 Å². The van der Waals surface area contributed by atoms with Crippen molar-refractivity contribution in [3.63, 3.8) is 0 Å². The Morgan fingerprint density at radius 3 is 1.17 bits per heavy atom. The monoisotopic (exact) mass is 1120 g/mol. The van der Waals surface area contributed by atoms with Gasteiger partial charge in [0.05, 0.1) is 5.56 Å². The van der Waals surface area contributed by atoms with Gasteiger partial charge in [0.1, 0.15) is 0 Å². The zero-order chi connectivity index (χ0) is 57.5. The SMILES string of the molecule is FC(F)(F)c1cc(-c2nc(-c3ccccc3)nc(-c3ccccc3)n2)ccc1-c1cccc2c1-c1ccc(-c3ccc(-c4ccc(-c5ccccc5)cc4)c(-c4nc(-c5ccccc5)nc(-c5ccccc5)n4)c3)cc1C21C2CC3CC(C2)CC1C3. The molecule has 9 heteroatoms. The molecule has 1 spiro atoms. The van der Waals surface area contributed by atoms with E-state index < -0.39 is 11.7 Å². The number of aromatic nitrogens is 6. The molecule has 0 atom stereocenters. The van der Waals surface area contributed by atoms with Crippen molar-refractivity contribution >= 4 is 0 Å². The van der Waals surface area contributed by atoms with Crippen LogP contribution in [0.15, 0.2) is 249 Å². The largest absolute Gasteiger partial charge is 0.417 e. The van der Waals surface area contributed by atoms with E-state index in [-0.39, 0.29) is 22.4 Å². The first-order valence-corrected chi connectivity index (χ1v) is 29.7. The van der Waals surface area contributed by atoms with E-state index in [1.807, 2.05) is 140 Å². The molecular formula is C77H55F3N6. The molecule has 17 rings (SSSR count). The molecule has 0 amide bonds. The molecule has 5 aliphatic rings. The van der Waals surface area contributed by atoms with Crippen molar-refractivity contribution in [2.24, 2.45) is 23.7 Å². The highest BCUT2D eigenvalue weighted by molar-refractivity contribution is 5.96. The summed E-state index contributed by atoms with van der Waals surface area (Å²) in [7, 11) is 0. The van der Waals surface area contributed by atoms with Crippen molar-refractivity contribution in [2.75, 3.05) is 0 Å². The first kappa shape index (κ1) is 51.6. The van der Waals surface area contributed by atoms with Crippen molar-refractivity contribution in [2.45, 2.75) is 43.7 Å². The van der Waals surface area contributed by atoms with E-state index in [9.17, 15) is 0 Å². The summed E-state index contributed by atoms with van der Waals surface area (Å²) in [4.78, 5) is 30.1. The molecule has 0 saturated heterocycles. The zero-order valence-electron chi connectivity index (χ0n) is 46.8. The lowest BCUT2D eigenvalue weighted by Crippen LogP contribution is -2.55. The standard InChI is InChI=1S/C77H55F3N6/c78-77(79,80)68-46-58(74-83-70(52-19-8-2-9-20-52)81-71(84-74)53-21-10-3-11-22-53)35-37-62(68)63-27-16-28-66-69(63)64-38-34-57(45-67(64)76(66)59-40-47-39-48(42-59)43-60(76)41-47)56-33-36-61(51-31-29-50(30-32-51)49-17-6-1-7-18-49)65(44-56)75-85-72(54-23-12-4-13-24-54)82-73(86-75)55-25-14-5-15-26-55/h1-38,44-48,59-60H,39-43H2. The molecule has 12 aromatic rings. The molecule has 0 unspecified atom stereocenters. The highest BCUT2D eigenvalue weighted by Gasteiger charge is 2.62. The van der Waals surface area contributed by atoms with Gasteiger partial charge >= 0.3 is 6.18 Å². The van der Waals surface area contributed by atoms with Gasteiger partial charge in [-0.25, -0.2) is 29.9 Å². The maximum atomic E-state index is 16.1. The van der Waals surface area contributed by atoms with E-state index in [1.165, 1.54) is 18.1 Å². The molecule has 0 N–H and O–H groups in total. The van der Waals surface area contributed by atoms with Gasteiger partial charge in [0.2, 0.25) is 0 Å². The summed E-state index contributed by atoms with van der Waals surface area (Å²) in [6, 6.07) is 82.3. The Hall–Kier alpha value is -9.99. The van der Waals surface area contributed by atoms with Crippen LogP contribution in [0.1, 0.15) is 48.8 Å². The number of rotatable bonds is 10. The predicted molar refractivity (Wildman–Crippen MR) is 336 cm³/mol. The fourth-order valence-corrected chi connectivity index (χ4v) is 15.3. The molecule has 4 saturated carbocycles. The molecule has 6 nitrogen and oxygen atoms in total. The summed E-state index contributed by atoms with van der Waals surface area (Å²) in [6.45, 7) is 0. The van der Waals surface area contributed by atoms with Crippen LogP contribution in [0.25, 0.3) is 124 Å². The zero-order valence-corrected chi connectivity index (χ0v) is 46.8. The normalized spacial score (nSPS) is 18.9. The molecule has 0 radical (unpaired) electrons. The Morgan fingerprint density at radius 1 is 0.279 bits per heavy atom. The number of alkyl halides is 3. The molecule has 2 aromatic heterocycles. The van der Waals surface area contributed by atoms with Crippen molar-refractivity contribution in [3.05, 3.63) is 265 Å². The Kier molecular flexibility index (Phi) is 12.4. The second-order valence-corrected chi connectivity index (χ2v) is 23.7. The Morgan fingerprint density at radius 2 is 0.674 bits per heavy atom. The third-order valence-corrected chi connectivity index (χ3v) is 18.8. The highest BCUT2D eigenvalue weighted by Crippen LogP contribution is 2.70. The third kappa shape index (κ3) is 8.86. The Bertz CT molecular complexity index is 4410. The van der Waals surface area contributed by atoms with Gasteiger partial charge in [0.25, 0.3) is 0 Å². The summed E-state index contributed by atoms with van der Waals surface area (Å²) in [5.74, 6) is 4.64. The maximum absolute atomic E-state index is 16.1. The summed E-state index contributed by atoms with van der Waals surface area (Å²) in [6.07, 6.45) is 0.995. The van der Waals surface area contributed by atoms with E-state index in [2.05, 4.69) is 91.0 Å². The molecule has 10 aromatic carbocycles. The van der Waals surface area contributed by atoms with Gasteiger partial charge in [-0.1, -0.05) is 231 Å². The van der Waals surface area contributed by atoms with Crippen molar-refractivity contribution < 1.29 is 13.2 Å². The number of benzene rings is 10. The summed E-state index contributed by atoms with van der Waals surface area (Å²) >= 11 is 0. The lowest BCUT2D eigenvalue weighted by molar-refractivity contribution is -0.137. The second kappa shape index (κ2) is 20.7. The van der Waals surface area contributed by atoms with E-state index in [0.717, 1.165) is 104 Å². The van der Waals surface area contributed by atoms with E-state index in [1.54, 1.807) is 12.1 Å². The van der Waals surface area contributed by atoms with Gasteiger partial charge in [-0.3, -0.25) is 0 Å². The van der Waals surface area contributed by atoms with Crippen molar-refractivity contribution in [1.29, 1.82) is 0 Å². The number of nitrogens with zero attached hydrogens (tertiary/aromatic N) is 6. The maximum Gasteiger partial charge on any atom is 0.417 e. The van der Waals surface area contributed by atoms with Gasteiger partial charge in [0, 0.05) is 38.8 Å². The number of hydrogen-bond donors (Lipinski definition) is 0. The van der Waals surface area contributed by atoms with Crippen LogP contribution in [0.5, 0.6) is 0 Å². The summed E-state index contributed by atoms with van der Waals surface area (Å²) in [5.41, 5.74) is 14.5. The van der Waals surface area contributed by atoms with Gasteiger partial charge in [-0.05, 0) is 141 Å². The Balaban J connectivity index is 0.866. The molecular weight excluding hydrogens is 1070 g/mol. The van der Waals surface area contributed by atoms with Gasteiger partial charge in [0.15, 0.2) is 34.9 Å². The smallest absolute Gasteiger partial charge is 0.208 e. The van der Waals surface area contributed by atoms with Crippen LogP contribution in [0.3, 0.4) is 0 Å². The predicted octanol–water partition coefficient (Wildman–Crippen LogP) is 19.5. The topological polar surface area (TPSA) is 77.3 Å². The molecule has 4 bridgehead atoms. The summed E-state index contributed by atoms with van der Waals surface area (Å²) < 4.78 is 48.4. The lowest BCUT2D eigenvalue weighted by atomic mass is 9.43. The minimum absolute atomic E-state index is 0.133. The fraction of sp³-hybridized carbons (Fsp3) is 0.143. The van der Waals surface area contributed by atoms with Crippen LogP contribution < -0.4 is 0 Å². The average Bonchev–Trinajstić information content (AvgIpc) is 1.48. The Labute approximate surface area is 497 Å². The van der Waals surface area contributed by atoms with Crippen molar-refractivity contribution in [1.82, 2.24) is 29.9 Å². The fourth-order valence-electron chi connectivity index (χ4n) is 15.3. The third-order valence-electron chi connectivity index (χ3n) is 18.8. The minimum atomic E-state index is -4.72. The molecule has 86 heavy (non-hydrogen) atoms. The first-order chi connectivity index (χ1) is 42.2. The van der Waals surface area contributed by atoms with E-state index in [0.29, 0.717) is 58.4 Å². The highest BCUT2D eigenvalue weighted by atomic mass is 19.4. The van der Waals surface area contributed by atoms with Gasteiger partial charge in [-0.2, -0.15) is 13.2 Å². The quantitative estimate of drug-likeness (QED) is 0.136. The van der Waals surface area contributed by atoms with Crippen LogP contribution >= 0.6 is 0 Å². The molecule has 0 aliphatic heterocycles. The minimum Gasteiger partial charge on any atom is -0.208 e. The van der Waals surface area contributed by atoms with Crippen molar-refractivity contribution in [3.8, 4) is 124 Å². The number of hydrogen-bond acceptors (Lipinski definition) is 6. The molecule has 2 heterocycles. The molecule has 4 fully saturated rings. The first-order valence-electron chi connectivity index (χ1n) is 29.7. The average molecular weight is 1120 g/mol. The molecule has 414 valence electrons. The van der Waals surface area contributed by atoms with Crippen LogP contribution in [-0.4, -0.2) is 29.9 Å². The van der Waals surface area contributed by atoms with E-state index >= 15 is 13.2 Å². The molecule has 5 aliphatic carbocycles. The number of halogens is 3. The van der Waals surface area contributed by atoms with E-state index in [4.69, 9.17) is 29.9 Å². The van der Waals surface area contributed by atoms with Crippen LogP contribution in [0, 0.1) is 23.7 Å².